The number of alkyl halides is 2. The summed E-state index contributed by atoms with van der Waals surface area (Å²) in [6.45, 7) is 1.48. The minimum absolute atomic E-state index is 0. The van der Waals surface area contributed by atoms with Gasteiger partial charge in [-0.05, 0) is 32.2 Å². The highest BCUT2D eigenvalue weighted by molar-refractivity contribution is 5.85. The Hall–Kier alpha value is 0.110. The van der Waals surface area contributed by atoms with Gasteiger partial charge < -0.3 is 5.32 Å². The topological polar surface area (TPSA) is 12.0 Å². The molecule has 0 radical (unpaired) electrons. The second kappa shape index (κ2) is 2.82. The van der Waals surface area contributed by atoms with E-state index in [1.165, 1.54) is 0 Å². The molecule has 0 amide bonds. The van der Waals surface area contributed by atoms with Gasteiger partial charge in [0.05, 0.1) is 5.41 Å². The number of hydrogen-bond acceptors (Lipinski definition) is 1. The maximum absolute atomic E-state index is 13.7. The Morgan fingerprint density at radius 3 is 1.93 bits per heavy atom. The van der Waals surface area contributed by atoms with Crippen molar-refractivity contribution in [1.82, 2.24) is 5.32 Å². The van der Waals surface area contributed by atoms with Gasteiger partial charge in [-0.25, -0.2) is 8.78 Å². The molecule has 1 unspecified atom stereocenters. The fourth-order valence-electron chi connectivity index (χ4n) is 3.65. The maximum Gasteiger partial charge on any atom is 0.261 e. The number of rotatable bonds is 0. The number of piperidine rings is 1. The molecular weight excluding hydrogens is 208 g/mol. The van der Waals surface area contributed by atoms with Gasteiger partial charge in [0.1, 0.15) is 0 Å². The van der Waals surface area contributed by atoms with Crippen molar-refractivity contribution >= 4 is 12.4 Å². The summed E-state index contributed by atoms with van der Waals surface area (Å²) in [6.07, 6.45) is 4.21. The van der Waals surface area contributed by atoms with E-state index in [-0.39, 0.29) is 12.4 Å². The van der Waals surface area contributed by atoms with Gasteiger partial charge in [0.25, 0.3) is 5.92 Å². The summed E-state index contributed by atoms with van der Waals surface area (Å²) >= 11 is 0. The van der Waals surface area contributed by atoms with Crippen LogP contribution in [0.1, 0.15) is 32.1 Å². The van der Waals surface area contributed by atoms with Gasteiger partial charge in [0.2, 0.25) is 0 Å². The molecule has 1 saturated heterocycles. The predicted octanol–water partition coefficient (Wildman–Crippen LogP) is 2.60. The predicted molar refractivity (Wildman–Crippen MR) is 53.0 cm³/mol. The number of halogens is 3. The molecule has 0 aromatic heterocycles. The van der Waals surface area contributed by atoms with Crippen molar-refractivity contribution in [3.8, 4) is 0 Å². The molecule has 82 valence electrons. The molecule has 3 fully saturated rings. The molecular formula is C10H16ClF2N. The Labute approximate surface area is 89.0 Å². The maximum atomic E-state index is 13.7. The lowest BCUT2D eigenvalue weighted by Gasteiger charge is -2.32. The van der Waals surface area contributed by atoms with E-state index in [4.69, 9.17) is 0 Å². The highest BCUT2D eigenvalue weighted by atomic mass is 35.5. The largest absolute Gasteiger partial charge is 0.316 e. The van der Waals surface area contributed by atoms with Crippen molar-refractivity contribution in [3.05, 3.63) is 0 Å². The Morgan fingerprint density at radius 1 is 0.929 bits per heavy atom. The highest BCUT2D eigenvalue weighted by Crippen LogP contribution is 2.84. The van der Waals surface area contributed by atoms with Gasteiger partial charge in [0.15, 0.2) is 0 Å². The molecule has 14 heavy (non-hydrogen) atoms. The first kappa shape index (κ1) is 10.6. The first-order valence-corrected chi connectivity index (χ1v) is 5.25. The van der Waals surface area contributed by atoms with Crippen LogP contribution in [0.25, 0.3) is 0 Å². The molecule has 3 rings (SSSR count). The van der Waals surface area contributed by atoms with Crippen LogP contribution in [-0.2, 0) is 0 Å². The number of nitrogens with one attached hydrogen (secondary N) is 1. The molecule has 1 N–H and O–H groups in total. The SMILES string of the molecule is Cl.FC1(F)C2(CCC2)C12CCCNC2. The molecule has 4 heteroatoms. The quantitative estimate of drug-likeness (QED) is 0.666. The zero-order valence-electron chi connectivity index (χ0n) is 8.11. The van der Waals surface area contributed by atoms with Crippen LogP contribution in [0.2, 0.25) is 0 Å². The van der Waals surface area contributed by atoms with Crippen molar-refractivity contribution in [2.24, 2.45) is 10.8 Å². The highest BCUT2D eigenvalue weighted by Gasteiger charge is 2.90. The molecule has 2 saturated carbocycles. The van der Waals surface area contributed by atoms with Crippen molar-refractivity contribution < 1.29 is 8.78 Å². The van der Waals surface area contributed by atoms with E-state index in [9.17, 15) is 8.78 Å². The van der Waals surface area contributed by atoms with E-state index in [0.29, 0.717) is 6.54 Å². The Balaban J connectivity index is 0.000000750. The van der Waals surface area contributed by atoms with Crippen LogP contribution >= 0.6 is 12.4 Å². The summed E-state index contributed by atoms with van der Waals surface area (Å²) in [6, 6.07) is 0. The minimum Gasteiger partial charge on any atom is -0.316 e. The molecule has 3 aliphatic rings. The lowest BCUT2D eigenvalue weighted by atomic mass is 9.73. The van der Waals surface area contributed by atoms with Crippen molar-refractivity contribution in [1.29, 1.82) is 0 Å². The summed E-state index contributed by atoms with van der Waals surface area (Å²) in [5.74, 6) is -2.36. The van der Waals surface area contributed by atoms with Gasteiger partial charge in [-0.2, -0.15) is 0 Å². The van der Waals surface area contributed by atoms with E-state index < -0.39 is 16.8 Å². The minimum atomic E-state index is -2.36. The van der Waals surface area contributed by atoms with Crippen LogP contribution in [0.4, 0.5) is 8.78 Å². The molecule has 0 aromatic carbocycles. The van der Waals surface area contributed by atoms with Crippen molar-refractivity contribution in [2.75, 3.05) is 13.1 Å². The van der Waals surface area contributed by atoms with Crippen LogP contribution in [0, 0.1) is 10.8 Å². The summed E-state index contributed by atoms with van der Waals surface area (Å²) in [4.78, 5) is 0. The van der Waals surface area contributed by atoms with Crippen LogP contribution in [0.15, 0.2) is 0 Å². The van der Waals surface area contributed by atoms with Crippen LogP contribution in [0.5, 0.6) is 0 Å². The van der Waals surface area contributed by atoms with Crippen LogP contribution in [-0.4, -0.2) is 19.0 Å². The first-order chi connectivity index (χ1) is 6.16. The average molecular weight is 224 g/mol. The fourth-order valence-corrected chi connectivity index (χ4v) is 3.65. The summed E-state index contributed by atoms with van der Waals surface area (Å²) < 4.78 is 27.5. The van der Waals surface area contributed by atoms with E-state index in [0.717, 1.165) is 38.6 Å². The van der Waals surface area contributed by atoms with Crippen molar-refractivity contribution in [2.45, 2.75) is 38.0 Å². The molecule has 1 nitrogen and oxygen atoms in total. The molecule has 0 aromatic rings. The van der Waals surface area contributed by atoms with E-state index in [1.54, 1.807) is 0 Å². The van der Waals surface area contributed by atoms with Gasteiger partial charge in [-0.15, -0.1) is 12.4 Å². The lowest BCUT2D eigenvalue weighted by Crippen LogP contribution is -2.37. The molecule has 1 aliphatic heterocycles. The smallest absolute Gasteiger partial charge is 0.261 e. The van der Waals surface area contributed by atoms with Gasteiger partial charge in [0, 0.05) is 12.0 Å². The molecule has 2 spiro atoms. The molecule has 1 atom stereocenters. The Morgan fingerprint density at radius 2 is 1.57 bits per heavy atom. The standard InChI is InChI=1S/C10H15F2N.ClH/c11-10(12)8(3-1-4-8)9(10)5-2-6-13-7-9;/h13H,1-7H2;1H. The third-order valence-corrected chi connectivity index (χ3v) is 4.65. The zero-order chi connectivity index (χ0) is 9.16. The van der Waals surface area contributed by atoms with Gasteiger partial charge >= 0.3 is 0 Å². The molecule has 1 heterocycles. The molecule has 2 aliphatic carbocycles. The summed E-state index contributed by atoms with van der Waals surface area (Å²) in [5, 5.41) is 3.14. The second-order valence-corrected chi connectivity index (χ2v) is 4.87. The van der Waals surface area contributed by atoms with E-state index in [2.05, 4.69) is 5.32 Å². The van der Waals surface area contributed by atoms with Gasteiger partial charge in [-0.3, -0.25) is 0 Å². The Bertz CT molecular complexity index is 245. The molecule has 0 bridgehead atoms. The van der Waals surface area contributed by atoms with Crippen LogP contribution < -0.4 is 5.32 Å². The van der Waals surface area contributed by atoms with E-state index >= 15 is 0 Å². The monoisotopic (exact) mass is 223 g/mol. The normalized spacial score (nSPS) is 41.6. The number of fused-ring (bicyclic) bond motifs is 1. The van der Waals surface area contributed by atoms with E-state index in [1.807, 2.05) is 0 Å². The summed E-state index contributed by atoms with van der Waals surface area (Å²) in [5.41, 5.74) is -1.19. The lowest BCUT2D eigenvalue weighted by molar-refractivity contribution is 0.0204. The zero-order valence-corrected chi connectivity index (χ0v) is 8.93. The number of hydrogen-bond donors (Lipinski definition) is 1. The third-order valence-electron chi connectivity index (χ3n) is 4.65. The van der Waals surface area contributed by atoms with Crippen molar-refractivity contribution in [3.63, 3.8) is 0 Å². The third kappa shape index (κ3) is 0.804. The first-order valence-electron chi connectivity index (χ1n) is 5.25. The van der Waals surface area contributed by atoms with Crippen LogP contribution in [0.3, 0.4) is 0 Å². The summed E-state index contributed by atoms with van der Waals surface area (Å²) in [7, 11) is 0. The van der Waals surface area contributed by atoms with Gasteiger partial charge in [-0.1, -0.05) is 6.42 Å². The average Bonchev–Trinajstić information content (AvgIpc) is 2.43. The Kier molecular flexibility index (Phi) is 2.14. The second-order valence-electron chi connectivity index (χ2n) is 4.87. The fraction of sp³-hybridized carbons (Fsp3) is 1.00.